The van der Waals surface area contributed by atoms with Crippen LogP contribution in [0.4, 0.5) is 5.69 Å². The van der Waals surface area contributed by atoms with Gasteiger partial charge in [0.1, 0.15) is 14.2 Å². The quantitative estimate of drug-likeness (QED) is 0.683. The maximum atomic E-state index is 13.1. The zero-order chi connectivity index (χ0) is 19.0. The Bertz CT molecular complexity index is 1160. The molecule has 0 unspecified atom stereocenters. The van der Waals surface area contributed by atoms with E-state index < -0.39 is 0 Å². The smallest absolute Gasteiger partial charge is 0.271 e. The molecule has 1 aliphatic heterocycles. The molecular formula is C21H21N3OS2. The Labute approximate surface area is 166 Å². The van der Waals surface area contributed by atoms with Crippen LogP contribution in [0.2, 0.25) is 0 Å². The van der Waals surface area contributed by atoms with E-state index in [2.05, 4.69) is 35.0 Å². The van der Waals surface area contributed by atoms with Gasteiger partial charge in [0.15, 0.2) is 0 Å². The second kappa shape index (κ2) is 7.37. The number of anilines is 1. The Kier molecular flexibility index (Phi) is 4.93. The Morgan fingerprint density at radius 2 is 2.04 bits per heavy atom. The summed E-state index contributed by atoms with van der Waals surface area (Å²) in [4.78, 5) is 20.8. The van der Waals surface area contributed by atoms with Crippen molar-refractivity contribution in [2.75, 3.05) is 11.9 Å². The molecule has 0 bridgehead atoms. The lowest BCUT2D eigenvalue weighted by atomic mass is 10.1. The Balaban J connectivity index is 1.90. The third-order valence-corrected chi connectivity index (χ3v) is 7.15. The van der Waals surface area contributed by atoms with Crippen molar-refractivity contribution < 1.29 is 0 Å². The van der Waals surface area contributed by atoms with Crippen LogP contribution in [0.3, 0.4) is 0 Å². The Morgan fingerprint density at radius 1 is 1.19 bits per heavy atom. The van der Waals surface area contributed by atoms with Crippen LogP contribution in [0.1, 0.15) is 25.1 Å². The van der Waals surface area contributed by atoms with Gasteiger partial charge >= 0.3 is 0 Å². The van der Waals surface area contributed by atoms with E-state index in [1.165, 1.54) is 16.1 Å². The lowest BCUT2D eigenvalue weighted by Gasteiger charge is -2.12. The summed E-state index contributed by atoms with van der Waals surface area (Å²) in [7, 11) is 2.04. The highest BCUT2D eigenvalue weighted by Gasteiger charge is 2.24. The lowest BCUT2D eigenvalue weighted by Crippen LogP contribution is -2.33. The Morgan fingerprint density at radius 3 is 2.74 bits per heavy atom. The summed E-state index contributed by atoms with van der Waals surface area (Å²) < 4.78 is 3.56. The molecule has 3 aromatic rings. The van der Waals surface area contributed by atoms with Crippen molar-refractivity contribution in [1.29, 1.82) is 0 Å². The van der Waals surface area contributed by atoms with Gasteiger partial charge in [0.2, 0.25) is 0 Å². The SMILES string of the molecule is CCc1ccc2c(c1)S/C(=c1/s/c(=C\c3ccccn3)n(CC)c1=O)N2C. The minimum Gasteiger partial charge on any atom is -0.337 e. The third-order valence-electron chi connectivity index (χ3n) is 4.69. The largest absolute Gasteiger partial charge is 0.337 e. The average molecular weight is 396 g/mol. The monoisotopic (exact) mass is 395 g/mol. The topological polar surface area (TPSA) is 38.1 Å². The number of thioether (sulfide) groups is 1. The first-order chi connectivity index (χ1) is 13.1. The van der Waals surface area contributed by atoms with Gasteiger partial charge in [0.05, 0.1) is 11.4 Å². The van der Waals surface area contributed by atoms with E-state index in [4.69, 9.17) is 0 Å². The molecule has 3 heterocycles. The average Bonchev–Trinajstić information content (AvgIpc) is 3.18. The minimum absolute atomic E-state index is 0.0718. The van der Waals surface area contributed by atoms with Crippen molar-refractivity contribution in [3.8, 4) is 0 Å². The molecule has 0 spiro atoms. The molecule has 0 radical (unpaired) electrons. The predicted molar refractivity (Wildman–Crippen MR) is 115 cm³/mol. The second-order valence-electron chi connectivity index (χ2n) is 6.34. The molecule has 0 atom stereocenters. The number of aryl methyl sites for hydroxylation is 1. The number of fused-ring (bicyclic) bond motifs is 1. The van der Waals surface area contributed by atoms with Gasteiger partial charge in [-0.3, -0.25) is 14.3 Å². The van der Waals surface area contributed by atoms with Crippen LogP contribution in [0.15, 0.2) is 52.3 Å². The highest BCUT2D eigenvalue weighted by atomic mass is 32.2. The fourth-order valence-electron chi connectivity index (χ4n) is 3.17. The first kappa shape index (κ1) is 18.1. The number of aromatic nitrogens is 2. The second-order valence-corrected chi connectivity index (χ2v) is 8.40. The number of rotatable bonds is 3. The van der Waals surface area contributed by atoms with Crippen molar-refractivity contribution in [2.24, 2.45) is 0 Å². The number of thiazole rings is 1. The first-order valence-corrected chi connectivity index (χ1v) is 10.7. The summed E-state index contributed by atoms with van der Waals surface area (Å²) in [6, 6.07) is 12.4. The van der Waals surface area contributed by atoms with Crippen LogP contribution in [0.25, 0.3) is 11.1 Å². The summed E-state index contributed by atoms with van der Waals surface area (Å²) >= 11 is 3.23. The molecule has 0 fully saturated rings. The lowest BCUT2D eigenvalue weighted by molar-refractivity contribution is 0.722. The molecule has 4 rings (SSSR count). The van der Waals surface area contributed by atoms with E-state index in [0.29, 0.717) is 6.54 Å². The summed E-state index contributed by atoms with van der Waals surface area (Å²) in [6.45, 7) is 4.81. The van der Waals surface area contributed by atoms with Gasteiger partial charge in [-0.1, -0.05) is 30.8 Å². The van der Waals surface area contributed by atoms with Crippen LogP contribution in [0.5, 0.6) is 0 Å². The van der Waals surface area contributed by atoms with Crippen LogP contribution in [0, 0.1) is 0 Å². The van der Waals surface area contributed by atoms with Crippen LogP contribution in [-0.2, 0) is 13.0 Å². The van der Waals surface area contributed by atoms with Gasteiger partial charge in [-0.25, -0.2) is 0 Å². The zero-order valence-corrected chi connectivity index (χ0v) is 17.2. The number of hydrogen-bond donors (Lipinski definition) is 0. The highest BCUT2D eigenvalue weighted by Crippen LogP contribution is 2.45. The number of pyridine rings is 1. The highest BCUT2D eigenvalue weighted by molar-refractivity contribution is 8.08. The van der Waals surface area contributed by atoms with Gasteiger partial charge in [-0.2, -0.15) is 0 Å². The molecule has 2 aromatic heterocycles. The number of hydrogen-bond acceptors (Lipinski definition) is 5. The van der Waals surface area contributed by atoms with Gasteiger partial charge in [-0.05, 0) is 49.2 Å². The predicted octanol–water partition coefficient (Wildman–Crippen LogP) is 3.02. The standard InChI is InChI=1S/C21H21N3OS2/c1-4-14-9-10-16-17(12-14)26-21(23(16)3)19-20(25)24(5-2)18(27-19)13-15-8-6-7-11-22-15/h6-13H,4-5H2,1-3H3/b18-13-,21-19+. The van der Waals surface area contributed by atoms with E-state index in [9.17, 15) is 4.79 Å². The summed E-state index contributed by atoms with van der Waals surface area (Å²) in [5.41, 5.74) is 3.42. The fraction of sp³-hybridized carbons (Fsp3) is 0.238. The van der Waals surface area contributed by atoms with Crippen LogP contribution in [-0.4, -0.2) is 16.6 Å². The van der Waals surface area contributed by atoms with Crippen LogP contribution < -0.4 is 19.7 Å². The fourth-order valence-corrected chi connectivity index (χ4v) is 5.70. The van der Waals surface area contributed by atoms with Gasteiger partial charge < -0.3 is 4.90 Å². The van der Waals surface area contributed by atoms with Crippen molar-refractivity contribution >= 4 is 39.9 Å². The van der Waals surface area contributed by atoms with Crippen molar-refractivity contribution in [2.45, 2.75) is 31.7 Å². The van der Waals surface area contributed by atoms with E-state index in [-0.39, 0.29) is 5.56 Å². The molecular weight excluding hydrogens is 374 g/mol. The molecule has 0 amide bonds. The molecule has 6 heteroatoms. The Hall–Kier alpha value is -2.31. The minimum atomic E-state index is 0.0718. The molecule has 0 N–H and O–H groups in total. The molecule has 0 saturated heterocycles. The first-order valence-electron chi connectivity index (χ1n) is 9.03. The molecule has 1 aromatic carbocycles. The third kappa shape index (κ3) is 3.24. The van der Waals surface area contributed by atoms with Crippen molar-refractivity contribution in [3.05, 3.63) is 73.4 Å². The van der Waals surface area contributed by atoms with E-state index in [1.807, 2.05) is 42.8 Å². The number of benzene rings is 1. The van der Waals surface area contributed by atoms with Crippen LogP contribution >= 0.6 is 23.1 Å². The summed E-state index contributed by atoms with van der Waals surface area (Å²) in [5.74, 6) is 0. The summed E-state index contributed by atoms with van der Waals surface area (Å²) in [5, 5.41) is 1.01. The molecule has 0 aliphatic carbocycles. The maximum absolute atomic E-state index is 13.1. The zero-order valence-electron chi connectivity index (χ0n) is 15.6. The van der Waals surface area contributed by atoms with Gasteiger partial charge in [0.25, 0.3) is 5.56 Å². The number of nitrogens with zero attached hydrogens (tertiary/aromatic N) is 3. The van der Waals surface area contributed by atoms with Crippen molar-refractivity contribution in [3.63, 3.8) is 0 Å². The van der Waals surface area contributed by atoms with E-state index in [1.54, 1.807) is 29.3 Å². The van der Waals surface area contributed by atoms with Gasteiger partial charge in [-0.15, -0.1) is 11.3 Å². The van der Waals surface area contributed by atoms with E-state index >= 15 is 0 Å². The molecule has 0 saturated carbocycles. The molecule has 1 aliphatic rings. The van der Waals surface area contributed by atoms with Crippen molar-refractivity contribution in [1.82, 2.24) is 9.55 Å². The van der Waals surface area contributed by atoms with E-state index in [0.717, 1.165) is 26.3 Å². The molecule has 138 valence electrons. The molecule has 27 heavy (non-hydrogen) atoms. The normalized spacial score (nSPS) is 16.1. The van der Waals surface area contributed by atoms with Gasteiger partial charge in [0, 0.05) is 24.7 Å². The molecule has 4 nitrogen and oxygen atoms in total. The maximum Gasteiger partial charge on any atom is 0.271 e. The summed E-state index contributed by atoms with van der Waals surface area (Å²) in [6.07, 6.45) is 4.77.